The summed E-state index contributed by atoms with van der Waals surface area (Å²) in [6, 6.07) is 8.09. The third kappa shape index (κ3) is 3.05. The van der Waals surface area contributed by atoms with Crippen molar-refractivity contribution in [1.29, 1.82) is 0 Å². The van der Waals surface area contributed by atoms with Gasteiger partial charge in [0.25, 0.3) is 0 Å². The molecule has 22 heavy (non-hydrogen) atoms. The molecule has 0 bridgehead atoms. The van der Waals surface area contributed by atoms with Gasteiger partial charge in [0.05, 0.1) is 17.3 Å². The molecule has 0 spiro atoms. The Balaban J connectivity index is 1.84. The Morgan fingerprint density at radius 2 is 2.32 bits per heavy atom. The maximum atomic E-state index is 11.9. The summed E-state index contributed by atoms with van der Waals surface area (Å²) in [5.74, 6) is 0.511. The number of nitrogens with zero attached hydrogens (tertiary/aromatic N) is 2. The molecule has 1 atom stereocenters. The van der Waals surface area contributed by atoms with Crippen molar-refractivity contribution in [1.82, 2.24) is 4.98 Å². The highest BCUT2D eigenvalue weighted by atomic mass is 32.1. The van der Waals surface area contributed by atoms with E-state index in [1.54, 1.807) is 18.4 Å². The van der Waals surface area contributed by atoms with Crippen molar-refractivity contribution < 1.29 is 9.53 Å². The summed E-state index contributed by atoms with van der Waals surface area (Å²) in [6.45, 7) is 3.61. The predicted molar refractivity (Wildman–Crippen MR) is 89.4 cm³/mol. The van der Waals surface area contributed by atoms with E-state index in [1.165, 1.54) is 0 Å². The average Bonchev–Trinajstić information content (AvgIpc) is 3.16. The van der Waals surface area contributed by atoms with E-state index in [2.05, 4.69) is 18.4 Å². The Labute approximate surface area is 134 Å². The number of ether oxygens (including phenoxy) is 1. The summed E-state index contributed by atoms with van der Waals surface area (Å²) in [5, 5.41) is 3.16. The lowest BCUT2D eigenvalue weighted by Crippen LogP contribution is -2.23. The van der Waals surface area contributed by atoms with Gasteiger partial charge in [-0.05, 0) is 18.6 Å². The Morgan fingerprint density at radius 1 is 1.45 bits per heavy atom. The predicted octanol–water partition coefficient (Wildman–Crippen LogP) is 3.69. The van der Waals surface area contributed by atoms with Crippen LogP contribution in [0.1, 0.15) is 30.7 Å². The fraction of sp³-hybridized carbons (Fsp3) is 0.412. The van der Waals surface area contributed by atoms with Gasteiger partial charge in [-0.1, -0.05) is 19.1 Å². The SMILES string of the molecule is COC[C@H](C)c1nc(-c2cccc(N3CCCC3=O)c2)cs1. The van der Waals surface area contributed by atoms with Crippen molar-refractivity contribution in [2.75, 3.05) is 25.2 Å². The van der Waals surface area contributed by atoms with Crippen LogP contribution in [0.3, 0.4) is 0 Å². The van der Waals surface area contributed by atoms with Crippen LogP contribution in [0.15, 0.2) is 29.6 Å². The van der Waals surface area contributed by atoms with Crippen molar-refractivity contribution in [3.05, 3.63) is 34.7 Å². The van der Waals surface area contributed by atoms with Crippen LogP contribution in [-0.4, -0.2) is 31.2 Å². The zero-order valence-electron chi connectivity index (χ0n) is 12.9. The van der Waals surface area contributed by atoms with E-state index >= 15 is 0 Å². The number of thiazole rings is 1. The van der Waals surface area contributed by atoms with E-state index in [9.17, 15) is 4.79 Å². The molecule has 1 aliphatic heterocycles. The molecule has 1 aromatic heterocycles. The quantitative estimate of drug-likeness (QED) is 0.845. The van der Waals surface area contributed by atoms with Crippen LogP contribution >= 0.6 is 11.3 Å². The van der Waals surface area contributed by atoms with Crippen LogP contribution in [-0.2, 0) is 9.53 Å². The number of carbonyl (C=O) groups excluding carboxylic acids is 1. The summed E-state index contributed by atoms with van der Waals surface area (Å²) in [5.41, 5.74) is 3.00. The minimum atomic E-state index is 0.213. The molecule has 2 aromatic rings. The molecular weight excluding hydrogens is 296 g/mol. The number of anilines is 1. The number of aromatic nitrogens is 1. The van der Waals surface area contributed by atoms with Crippen molar-refractivity contribution in [2.24, 2.45) is 0 Å². The fourth-order valence-electron chi connectivity index (χ4n) is 2.72. The number of benzene rings is 1. The minimum Gasteiger partial charge on any atom is -0.384 e. The first-order valence-corrected chi connectivity index (χ1v) is 8.42. The summed E-state index contributed by atoms with van der Waals surface area (Å²) >= 11 is 1.66. The maximum absolute atomic E-state index is 11.9. The van der Waals surface area contributed by atoms with E-state index in [1.807, 2.05) is 23.1 Å². The molecule has 0 radical (unpaired) electrons. The molecule has 2 heterocycles. The van der Waals surface area contributed by atoms with Gasteiger partial charge in [-0.2, -0.15) is 0 Å². The first-order chi connectivity index (χ1) is 10.7. The Hall–Kier alpha value is -1.72. The number of amides is 1. The van der Waals surface area contributed by atoms with Crippen LogP contribution in [0, 0.1) is 0 Å². The third-order valence-corrected chi connectivity index (χ3v) is 4.96. The normalized spacial score (nSPS) is 16.3. The summed E-state index contributed by atoms with van der Waals surface area (Å²) < 4.78 is 5.19. The molecule has 0 saturated carbocycles. The first kappa shape index (κ1) is 15.2. The van der Waals surface area contributed by atoms with Crippen molar-refractivity contribution in [3.63, 3.8) is 0 Å². The van der Waals surface area contributed by atoms with Gasteiger partial charge < -0.3 is 9.64 Å². The van der Waals surface area contributed by atoms with E-state index in [-0.39, 0.29) is 5.91 Å². The zero-order valence-corrected chi connectivity index (χ0v) is 13.7. The largest absolute Gasteiger partial charge is 0.384 e. The maximum Gasteiger partial charge on any atom is 0.227 e. The Kier molecular flexibility index (Phi) is 4.55. The summed E-state index contributed by atoms with van der Waals surface area (Å²) in [4.78, 5) is 18.5. The molecule has 0 aliphatic carbocycles. The Morgan fingerprint density at radius 3 is 3.05 bits per heavy atom. The molecule has 1 fully saturated rings. The summed E-state index contributed by atoms with van der Waals surface area (Å²) in [7, 11) is 1.71. The second-order valence-corrected chi connectivity index (χ2v) is 6.52. The lowest BCUT2D eigenvalue weighted by Gasteiger charge is -2.16. The number of carbonyl (C=O) groups is 1. The standard InChI is InChI=1S/C17H20N2O2S/c1-12(10-21-2)17-18-15(11-22-17)13-5-3-6-14(9-13)19-8-4-7-16(19)20/h3,5-6,9,11-12H,4,7-8,10H2,1-2H3/t12-/m0/s1. The summed E-state index contributed by atoms with van der Waals surface area (Å²) in [6.07, 6.45) is 1.60. The van der Waals surface area contributed by atoms with Crippen molar-refractivity contribution in [2.45, 2.75) is 25.7 Å². The molecule has 3 rings (SSSR count). The van der Waals surface area contributed by atoms with Gasteiger partial charge in [0.15, 0.2) is 0 Å². The third-order valence-electron chi connectivity index (χ3n) is 3.89. The van der Waals surface area contributed by atoms with E-state index in [0.717, 1.165) is 34.9 Å². The molecule has 1 saturated heterocycles. The molecule has 1 amide bonds. The van der Waals surface area contributed by atoms with E-state index in [0.29, 0.717) is 18.9 Å². The monoisotopic (exact) mass is 316 g/mol. The van der Waals surface area contributed by atoms with Crippen molar-refractivity contribution in [3.8, 4) is 11.3 Å². The van der Waals surface area contributed by atoms with Crippen LogP contribution in [0.2, 0.25) is 0 Å². The van der Waals surface area contributed by atoms with Crippen LogP contribution in [0.25, 0.3) is 11.3 Å². The van der Waals surface area contributed by atoms with Crippen molar-refractivity contribution >= 4 is 22.9 Å². The van der Waals surface area contributed by atoms with Gasteiger partial charge in [-0.15, -0.1) is 11.3 Å². The molecule has 116 valence electrons. The lowest BCUT2D eigenvalue weighted by atomic mass is 10.1. The smallest absolute Gasteiger partial charge is 0.227 e. The van der Waals surface area contributed by atoms with Gasteiger partial charge in [-0.3, -0.25) is 4.79 Å². The highest BCUT2D eigenvalue weighted by molar-refractivity contribution is 7.10. The molecular formula is C17H20N2O2S. The number of hydrogen-bond acceptors (Lipinski definition) is 4. The number of hydrogen-bond donors (Lipinski definition) is 0. The lowest BCUT2D eigenvalue weighted by molar-refractivity contribution is -0.117. The van der Waals surface area contributed by atoms with Gasteiger partial charge >= 0.3 is 0 Å². The number of rotatable bonds is 5. The molecule has 1 aromatic carbocycles. The van der Waals surface area contributed by atoms with Gasteiger partial charge in [0.1, 0.15) is 0 Å². The average molecular weight is 316 g/mol. The minimum absolute atomic E-state index is 0.213. The van der Waals surface area contributed by atoms with Crippen LogP contribution < -0.4 is 4.90 Å². The van der Waals surface area contributed by atoms with Gasteiger partial charge in [0.2, 0.25) is 5.91 Å². The van der Waals surface area contributed by atoms with Gasteiger partial charge in [-0.25, -0.2) is 4.98 Å². The van der Waals surface area contributed by atoms with E-state index < -0.39 is 0 Å². The zero-order chi connectivity index (χ0) is 15.5. The highest BCUT2D eigenvalue weighted by Crippen LogP contribution is 2.30. The fourth-order valence-corrected chi connectivity index (χ4v) is 3.59. The molecule has 4 nitrogen and oxygen atoms in total. The molecule has 1 aliphatic rings. The topological polar surface area (TPSA) is 42.4 Å². The second kappa shape index (κ2) is 6.58. The van der Waals surface area contributed by atoms with Crippen LogP contribution in [0.5, 0.6) is 0 Å². The van der Waals surface area contributed by atoms with Gasteiger partial charge in [0, 0.05) is 42.6 Å². The Bertz CT molecular complexity index is 668. The van der Waals surface area contributed by atoms with Crippen LogP contribution in [0.4, 0.5) is 5.69 Å². The highest BCUT2D eigenvalue weighted by Gasteiger charge is 2.22. The van der Waals surface area contributed by atoms with E-state index in [4.69, 9.17) is 9.72 Å². The molecule has 0 N–H and O–H groups in total. The molecule has 0 unspecified atom stereocenters. The molecule has 5 heteroatoms. The first-order valence-electron chi connectivity index (χ1n) is 7.54. The second-order valence-electron chi connectivity index (χ2n) is 5.63. The number of methoxy groups -OCH3 is 1.